The summed E-state index contributed by atoms with van der Waals surface area (Å²) in [5, 5.41) is 4.70. The molecule has 12 heteroatoms. The minimum atomic E-state index is -0.751. The predicted octanol–water partition coefficient (Wildman–Crippen LogP) is 5.48. The number of halogens is 2. The molecule has 0 aliphatic carbocycles. The topological polar surface area (TPSA) is 127 Å². The minimum absolute atomic E-state index is 0.0789. The number of aromatic nitrogens is 3. The number of anilines is 2. The maximum Gasteiger partial charge on any atom is 0.332 e. The number of urea groups is 1. The van der Waals surface area contributed by atoms with E-state index in [-0.39, 0.29) is 28.5 Å². The number of nitrogen functional groups attached to an aromatic ring is 1. The molecular formula is C31H24F2N6O4. The van der Waals surface area contributed by atoms with E-state index in [0.29, 0.717) is 40.9 Å². The Hall–Kier alpha value is -5.52. The molecule has 3 N–H and O–H groups in total. The van der Waals surface area contributed by atoms with Crippen molar-refractivity contribution >= 4 is 40.1 Å². The van der Waals surface area contributed by atoms with Gasteiger partial charge < -0.3 is 20.4 Å². The number of hydrogen-bond acceptors (Lipinski definition) is 6. The van der Waals surface area contributed by atoms with Crippen molar-refractivity contribution in [3.8, 4) is 17.2 Å². The number of imide groups is 1. The highest BCUT2D eigenvalue weighted by molar-refractivity contribution is 6.22. The van der Waals surface area contributed by atoms with Crippen molar-refractivity contribution in [1.82, 2.24) is 19.7 Å². The second-order valence-corrected chi connectivity index (χ2v) is 10.5. The predicted molar refractivity (Wildman–Crippen MR) is 153 cm³/mol. The molecule has 1 atom stereocenters. The molecule has 3 aromatic carbocycles. The number of aromatic amines is 1. The molecule has 10 nitrogen and oxygen atoms in total. The summed E-state index contributed by atoms with van der Waals surface area (Å²) in [5.74, 6) is -1.59. The molecule has 2 aromatic heterocycles. The maximum atomic E-state index is 15.2. The van der Waals surface area contributed by atoms with Crippen LogP contribution in [0.3, 0.4) is 0 Å². The summed E-state index contributed by atoms with van der Waals surface area (Å²) in [6.07, 6.45) is 2.62. The third-order valence-electron chi connectivity index (χ3n) is 7.88. The van der Waals surface area contributed by atoms with E-state index in [1.54, 1.807) is 37.3 Å². The van der Waals surface area contributed by atoms with Crippen LogP contribution in [-0.4, -0.2) is 50.0 Å². The van der Waals surface area contributed by atoms with Crippen LogP contribution in [0.15, 0.2) is 66.9 Å². The number of carbonyl (C=O) groups excluding carboxylic acids is 3. The van der Waals surface area contributed by atoms with Crippen molar-refractivity contribution < 1.29 is 27.9 Å². The van der Waals surface area contributed by atoms with E-state index in [9.17, 15) is 18.8 Å². The summed E-state index contributed by atoms with van der Waals surface area (Å²) in [4.78, 5) is 44.5. The van der Waals surface area contributed by atoms with E-state index in [1.807, 2.05) is 0 Å². The summed E-state index contributed by atoms with van der Waals surface area (Å²) in [7, 11) is 0. The first kappa shape index (κ1) is 26.4. The Morgan fingerprint density at radius 2 is 1.86 bits per heavy atom. The average Bonchev–Trinajstić information content (AvgIpc) is 3.76. The van der Waals surface area contributed by atoms with Crippen LogP contribution in [0, 0.1) is 18.6 Å². The van der Waals surface area contributed by atoms with E-state index in [2.05, 4.69) is 10.1 Å². The second kappa shape index (κ2) is 9.79. The Bertz CT molecular complexity index is 1960. The van der Waals surface area contributed by atoms with Crippen LogP contribution in [0.4, 0.5) is 25.1 Å². The number of amides is 3. The normalized spacial score (nSPS) is 16.4. The fourth-order valence-corrected chi connectivity index (χ4v) is 5.73. The van der Waals surface area contributed by atoms with Crippen LogP contribution in [0.2, 0.25) is 0 Å². The molecule has 2 aliphatic rings. The summed E-state index contributed by atoms with van der Waals surface area (Å²) in [6, 6.07) is 14.0. The van der Waals surface area contributed by atoms with E-state index < -0.39 is 35.4 Å². The fourth-order valence-electron chi connectivity index (χ4n) is 5.73. The number of hydrogen-bond donors (Lipinski definition) is 2. The highest BCUT2D eigenvalue weighted by Gasteiger charge is 2.48. The number of ketones is 1. The van der Waals surface area contributed by atoms with Crippen LogP contribution in [-0.2, 0) is 4.79 Å². The zero-order chi connectivity index (χ0) is 30.0. The molecule has 0 radical (unpaired) electrons. The molecule has 2 saturated heterocycles. The standard InChI is InChI=1S/C31H24F2N6O4/c1-16-11-18(43-27-7-3-2-5-20(27)32)8-9-24(16)39-29(34)19(15-35-39)28(40)23-13-17-12-21(33)26(14-22(17)36-23)38-30(41)25-6-4-10-37(25)31(38)42/h2-3,5,7-9,11-15,25,36H,4,6,10,34H2,1H3. The molecule has 216 valence electrons. The summed E-state index contributed by atoms with van der Waals surface area (Å²) in [5.41, 5.74) is 8.11. The lowest BCUT2D eigenvalue weighted by Crippen LogP contribution is -2.33. The molecule has 2 fully saturated rings. The van der Waals surface area contributed by atoms with Gasteiger partial charge >= 0.3 is 6.03 Å². The molecule has 7 rings (SSSR count). The van der Waals surface area contributed by atoms with Gasteiger partial charge in [0.1, 0.15) is 23.4 Å². The molecule has 0 bridgehead atoms. The first-order chi connectivity index (χ1) is 20.7. The summed E-state index contributed by atoms with van der Waals surface area (Å²) in [6.45, 7) is 2.26. The Kier molecular flexibility index (Phi) is 6.01. The number of nitrogens with two attached hydrogens (primary N) is 1. The summed E-state index contributed by atoms with van der Waals surface area (Å²) < 4.78 is 36.2. The maximum absolute atomic E-state index is 15.2. The van der Waals surface area contributed by atoms with E-state index in [1.165, 1.54) is 46.1 Å². The van der Waals surface area contributed by atoms with Crippen molar-refractivity contribution in [2.45, 2.75) is 25.8 Å². The van der Waals surface area contributed by atoms with Gasteiger partial charge in [-0.15, -0.1) is 0 Å². The van der Waals surface area contributed by atoms with Gasteiger partial charge in [0.05, 0.1) is 28.8 Å². The van der Waals surface area contributed by atoms with Crippen LogP contribution >= 0.6 is 0 Å². The Morgan fingerprint density at radius 3 is 2.63 bits per heavy atom. The fraction of sp³-hybridized carbons (Fsp3) is 0.161. The zero-order valence-electron chi connectivity index (χ0n) is 22.8. The largest absolute Gasteiger partial charge is 0.454 e. The molecule has 43 heavy (non-hydrogen) atoms. The van der Waals surface area contributed by atoms with Gasteiger partial charge in [0.15, 0.2) is 11.6 Å². The lowest BCUT2D eigenvalue weighted by atomic mass is 10.1. The number of fused-ring (bicyclic) bond motifs is 2. The number of nitrogens with one attached hydrogen (secondary N) is 1. The number of H-pyrrole nitrogens is 1. The molecular weight excluding hydrogens is 558 g/mol. The number of rotatable bonds is 6. The minimum Gasteiger partial charge on any atom is -0.454 e. The number of benzene rings is 3. The van der Waals surface area contributed by atoms with Crippen LogP contribution < -0.4 is 15.4 Å². The Labute approximate surface area is 243 Å². The number of para-hydroxylation sites is 1. The monoisotopic (exact) mass is 582 g/mol. The molecule has 4 heterocycles. The van der Waals surface area contributed by atoms with Gasteiger partial charge in [0.2, 0.25) is 5.78 Å². The van der Waals surface area contributed by atoms with Crippen LogP contribution in [0.25, 0.3) is 16.6 Å². The van der Waals surface area contributed by atoms with E-state index >= 15 is 4.39 Å². The average molecular weight is 583 g/mol. The number of nitrogens with zero attached hydrogens (tertiary/aromatic N) is 4. The lowest BCUT2D eigenvalue weighted by molar-refractivity contribution is -0.119. The highest BCUT2D eigenvalue weighted by Crippen LogP contribution is 2.35. The van der Waals surface area contributed by atoms with Gasteiger partial charge in [-0.1, -0.05) is 12.1 Å². The van der Waals surface area contributed by atoms with Gasteiger partial charge in [-0.2, -0.15) is 5.10 Å². The van der Waals surface area contributed by atoms with E-state index in [0.717, 1.165) is 11.3 Å². The van der Waals surface area contributed by atoms with Crippen molar-refractivity contribution in [2.24, 2.45) is 0 Å². The third-order valence-corrected chi connectivity index (χ3v) is 7.88. The number of aryl methyl sites for hydroxylation is 1. The molecule has 2 aliphatic heterocycles. The molecule has 0 spiro atoms. The molecule has 3 amide bonds. The third kappa shape index (κ3) is 4.21. The zero-order valence-corrected chi connectivity index (χ0v) is 22.8. The number of carbonyl (C=O) groups is 3. The molecule has 5 aromatic rings. The van der Waals surface area contributed by atoms with Gasteiger partial charge in [0.25, 0.3) is 5.91 Å². The summed E-state index contributed by atoms with van der Waals surface area (Å²) >= 11 is 0. The Balaban J connectivity index is 1.16. The smallest absolute Gasteiger partial charge is 0.332 e. The quantitative estimate of drug-likeness (QED) is 0.202. The van der Waals surface area contributed by atoms with Crippen molar-refractivity contribution in [3.05, 3.63) is 95.3 Å². The van der Waals surface area contributed by atoms with Crippen LogP contribution in [0.5, 0.6) is 11.5 Å². The second-order valence-electron chi connectivity index (χ2n) is 10.5. The highest BCUT2D eigenvalue weighted by atomic mass is 19.1. The van der Waals surface area contributed by atoms with Crippen molar-refractivity contribution in [3.63, 3.8) is 0 Å². The van der Waals surface area contributed by atoms with Gasteiger partial charge in [-0.05, 0) is 73.9 Å². The molecule has 1 unspecified atom stereocenters. The first-order valence-corrected chi connectivity index (χ1v) is 13.6. The van der Waals surface area contributed by atoms with Crippen LogP contribution in [0.1, 0.15) is 34.5 Å². The van der Waals surface area contributed by atoms with Crippen molar-refractivity contribution in [1.29, 1.82) is 0 Å². The lowest BCUT2D eigenvalue weighted by Gasteiger charge is -2.16. The first-order valence-electron chi connectivity index (χ1n) is 13.6. The number of ether oxygens (including phenoxy) is 1. The SMILES string of the molecule is Cc1cc(Oc2ccccc2F)ccc1-n1ncc(C(=O)c2cc3cc(F)c(N4C(=O)C5CCCN5C4=O)cc3[nH]2)c1N. The van der Waals surface area contributed by atoms with Gasteiger partial charge in [-0.3, -0.25) is 9.59 Å². The van der Waals surface area contributed by atoms with Crippen molar-refractivity contribution in [2.75, 3.05) is 17.2 Å². The van der Waals surface area contributed by atoms with Gasteiger partial charge in [0, 0.05) is 17.4 Å². The Morgan fingerprint density at radius 1 is 1.05 bits per heavy atom. The van der Waals surface area contributed by atoms with Gasteiger partial charge in [-0.25, -0.2) is 23.2 Å². The van der Waals surface area contributed by atoms with E-state index in [4.69, 9.17) is 10.5 Å². The molecule has 0 saturated carbocycles.